The molecule has 0 radical (unpaired) electrons. The maximum absolute atomic E-state index is 12.8. The summed E-state index contributed by atoms with van der Waals surface area (Å²) < 4.78 is 1.80. The van der Waals surface area contributed by atoms with Crippen LogP contribution in [0.5, 0.6) is 0 Å². The molecular weight excluding hydrogens is 352 g/mol. The lowest BCUT2D eigenvalue weighted by Crippen LogP contribution is -2.46. The second-order valence-electron chi connectivity index (χ2n) is 7.73. The first-order valence-electron chi connectivity index (χ1n) is 9.75. The number of hydrogen-bond donors (Lipinski definition) is 0. The number of nitrogens with zero attached hydrogens (tertiary/aromatic N) is 6. The largest absolute Gasteiger partial charge is 0.339 e. The van der Waals surface area contributed by atoms with Crippen molar-refractivity contribution in [3.05, 3.63) is 64.6 Å². The SMILES string of the molecule is CC1CCn2c(nc(-c3ccncn3)cc2=O)N1C[C@@H]1Cc2ccncc2C1. The van der Waals surface area contributed by atoms with E-state index in [0.29, 0.717) is 29.9 Å². The highest BCUT2D eigenvalue weighted by Gasteiger charge is 2.30. The zero-order valence-corrected chi connectivity index (χ0v) is 15.8. The van der Waals surface area contributed by atoms with Crippen LogP contribution in [0.2, 0.25) is 0 Å². The first kappa shape index (κ1) is 17.0. The number of pyridine rings is 1. The molecule has 142 valence electrons. The summed E-state index contributed by atoms with van der Waals surface area (Å²) in [6.07, 6.45) is 10.0. The Morgan fingerprint density at radius 2 is 1.96 bits per heavy atom. The Morgan fingerprint density at radius 3 is 2.79 bits per heavy atom. The smallest absolute Gasteiger partial charge is 0.255 e. The van der Waals surface area contributed by atoms with Crippen molar-refractivity contribution < 1.29 is 0 Å². The summed E-state index contributed by atoms with van der Waals surface area (Å²) in [4.78, 5) is 32.4. The maximum atomic E-state index is 12.8. The average Bonchev–Trinajstić information content (AvgIpc) is 3.13. The fourth-order valence-corrected chi connectivity index (χ4v) is 4.37. The van der Waals surface area contributed by atoms with Gasteiger partial charge in [0.2, 0.25) is 5.95 Å². The molecule has 0 saturated heterocycles. The maximum Gasteiger partial charge on any atom is 0.255 e. The van der Waals surface area contributed by atoms with Crippen LogP contribution in [0.15, 0.2) is 47.9 Å². The molecule has 2 aliphatic rings. The van der Waals surface area contributed by atoms with E-state index in [-0.39, 0.29) is 5.56 Å². The van der Waals surface area contributed by atoms with E-state index < -0.39 is 0 Å². The lowest BCUT2D eigenvalue weighted by molar-refractivity contribution is 0.419. The average molecular weight is 374 g/mol. The minimum absolute atomic E-state index is 0.0191. The number of aromatic nitrogens is 5. The zero-order chi connectivity index (χ0) is 19.1. The third-order valence-corrected chi connectivity index (χ3v) is 5.87. The molecule has 0 bridgehead atoms. The van der Waals surface area contributed by atoms with Gasteiger partial charge in [-0.15, -0.1) is 0 Å². The highest BCUT2D eigenvalue weighted by atomic mass is 16.1. The fraction of sp³-hybridized carbons (Fsp3) is 0.381. The monoisotopic (exact) mass is 374 g/mol. The van der Waals surface area contributed by atoms with Gasteiger partial charge >= 0.3 is 0 Å². The van der Waals surface area contributed by atoms with E-state index in [9.17, 15) is 4.79 Å². The molecule has 2 atom stereocenters. The summed E-state index contributed by atoms with van der Waals surface area (Å²) in [5.41, 5.74) is 4.00. The number of hydrogen-bond acceptors (Lipinski definition) is 6. The van der Waals surface area contributed by atoms with Gasteiger partial charge in [-0.25, -0.2) is 15.0 Å². The number of rotatable bonds is 3. The Hall–Kier alpha value is -3.09. The summed E-state index contributed by atoms with van der Waals surface area (Å²) in [5, 5.41) is 0. The first-order valence-corrected chi connectivity index (χ1v) is 9.75. The van der Waals surface area contributed by atoms with Gasteiger partial charge in [0.05, 0.1) is 11.4 Å². The van der Waals surface area contributed by atoms with Gasteiger partial charge in [-0.3, -0.25) is 14.3 Å². The highest BCUT2D eigenvalue weighted by molar-refractivity contribution is 5.55. The van der Waals surface area contributed by atoms with E-state index in [1.165, 1.54) is 17.5 Å². The molecule has 1 unspecified atom stereocenters. The molecule has 1 aliphatic carbocycles. The Morgan fingerprint density at radius 1 is 1.11 bits per heavy atom. The summed E-state index contributed by atoms with van der Waals surface area (Å²) in [6, 6.07) is 5.83. The molecule has 7 nitrogen and oxygen atoms in total. The van der Waals surface area contributed by atoms with Crippen LogP contribution in [0, 0.1) is 5.92 Å². The predicted molar refractivity (Wildman–Crippen MR) is 106 cm³/mol. The molecule has 5 rings (SSSR count). The molecule has 0 fully saturated rings. The van der Waals surface area contributed by atoms with E-state index in [1.807, 2.05) is 12.4 Å². The van der Waals surface area contributed by atoms with Crippen LogP contribution in [-0.2, 0) is 19.4 Å². The van der Waals surface area contributed by atoms with Gasteiger partial charge in [0.1, 0.15) is 6.33 Å². The normalized spacial score (nSPS) is 20.7. The zero-order valence-electron chi connectivity index (χ0n) is 15.8. The molecule has 0 amide bonds. The van der Waals surface area contributed by atoms with E-state index in [1.54, 1.807) is 22.9 Å². The minimum Gasteiger partial charge on any atom is -0.339 e. The Bertz CT molecular complexity index is 1040. The van der Waals surface area contributed by atoms with E-state index in [4.69, 9.17) is 4.98 Å². The van der Waals surface area contributed by atoms with Crippen molar-refractivity contribution >= 4 is 5.95 Å². The van der Waals surface area contributed by atoms with E-state index in [2.05, 4.69) is 32.8 Å². The van der Waals surface area contributed by atoms with Crippen molar-refractivity contribution in [2.24, 2.45) is 5.92 Å². The summed E-state index contributed by atoms with van der Waals surface area (Å²) >= 11 is 0. The topological polar surface area (TPSA) is 76.8 Å². The summed E-state index contributed by atoms with van der Waals surface area (Å²) in [6.45, 7) is 3.81. The molecule has 7 heteroatoms. The van der Waals surface area contributed by atoms with Gasteiger partial charge < -0.3 is 4.90 Å². The Balaban J connectivity index is 1.49. The molecular formula is C21H22N6O. The minimum atomic E-state index is -0.0191. The van der Waals surface area contributed by atoms with Gasteiger partial charge in [0, 0.05) is 43.8 Å². The first-order chi connectivity index (χ1) is 13.7. The molecule has 0 aromatic carbocycles. The lowest BCUT2D eigenvalue weighted by atomic mass is 10.0. The third kappa shape index (κ3) is 2.96. The standard InChI is InChI=1S/C21H22N6O/c1-14-4-7-26-20(28)10-19(18-3-6-23-13-24-18)25-21(26)27(14)12-15-8-16-2-5-22-11-17(16)9-15/h2-3,5-6,10-11,13-15H,4,7-9,12H2,1H3/t14?,15-/m1/s1. The van der Waals surface area contributed by atoms with Gasteiger partial charge in [0.15, 0.2) is 0 Å². The van der Waals surface area contributed by atoms with E-state index >= 15 is 0 Å². The molecule has 3 aromatic rings. The van der Waals surface area contributed by atoms with Gasteiger partial charge in [-0.2, -0.15) is 0 Å². The second kappa shape index (κ2) is 6.82. The molecule has 0 N–H and O–H groups in total. The van der Waals surface area contributed by atoms with Crippen molar-refractivity contribution in [1.82, 2.24) is 24.5 Å². The molecule has 1 aliphatic heterocycles. The van der Waals surface area contributed by atoms with Gasteiger partial charge in [0.25, 0.3) is 5.56 Å². The van der Waals surface area contributed by atoms with Gasteiger partial charge in [-0.05, 0) is 55.4 Å². The molecule has 4 heterocycles. The Labute approximate surface area is 163 Å². The van der Waals surface area contributed by atoms with Gasteiger partial charge in [-0.1, -0.05) is 0 Å². The van der Waals surface area contributed by atoms with Crippen LogP contribution < -0.4 is 10.5 Å². The van der Waals surface area contributed by atoms with Crippen molar-refractivity contribution in [2.45, 2.75) is 38.8 Å². The summed E-state index contributed by atoms with van der Waals surface area (Å²) in [5.74, 6) is 1.27. The predicted octanol–water partition coefficient (Wildman–Crippen LogP) is 2.11. The quantitative estimate of drug-likeness (QED) is 0.699. The van der Waals surface area contributed by atoms with E-state index in [0.717, 1.165) is 31.8 Å². The highest BCUT2D eigenvalue weighted by Crippen LogP contribution is 2.30. The number of fused-ring (bicyclic) bond motifs is 2. The third-order valence-electron chi connectivity index (χ3n) is 5.87. The molecule has 0 saturated carbocycles. The molecule has 28 heavy (non-hydrogen) atoms. The number of anilines is 1. The van der Waals surface area contributed by atoms with Crippen molar-refractivity contribution in [3.8, 4) is 11.4 Å². The fourth-order valence-electron chi connectivity index (χ4n) is 4.37. The lowest BCUT2D eigenvalue weighted by Gasteiger charge is -2.38. The van der Waals surface area contributed by atoms with Crippen LogP contribution in [0.1, 0.15) is 24.5 Å². The van der Waals surface area contributed by atoms with Crippen molar-refractivity contribution in [1.29, 1.82) is 0 Å². The van der Waals surface area contributed by atoms with Crippen LogP contribution in [0.4, 0.5) is 5.95 Å². The van der Waals surface area contributed by atoms with Crippen LogP contribution >= 0.6 is 0 Å². The van der Waals surface area contributed by atoms with Crippen LogP contribution in [0.3, 0.4) is 0 Å². The van der Waals surface area contributed by atoms with Crippen molar-refractivity contribution in [3.63, 3.8) is 0 Å². The second-order valence-corrected chi connectivity index (χ2v) is 7.73. The van der Waals surface area contributed by atoms with Crippen molar-refractivity contribution in [2.75, 3.05) is 11.4 Å². The summed E-state index contributed by atoms with van der Waals surface area (Å²) in [7, 11) is 0. The van der Waals surface area contributed by atoms with Crippen LogP contribution in [0.25, 0.3) is 11.4 Å². The van der Waals surface area contributed by atoms with Crippen LogP contribution in [-0.4, -0.2) is 37.1 Å². The molecule has 0 spiro atoms. The Kier molecular flexibility index (Phi) is 4.15. The molecule has 3 aromatic heterocycles.